The molecule has 2 heterocycles. The molecule has 0 radical (unpaired) electrons. The van der Waals surface area contributed by atoms with Crippen LogP contribution < -0.4 is 20.3 Å². The van der Waals surface area contributed by atoms with Gasteiger partial charge in [0, 0.05) is 27.6 Å². The summed E-state index contributed by atoms with van der Waals surface area (Å²) in [6.45, 7) is 0. The van der Waals surface area contributed by atoms with E-state index in [-0.39, 0.29) is 22.0 Å². The van der Waals surface area contributed by atoms with E-state index in [0.29, 0.717) is 11.1 Å². The Hall–Kier alpha value is -3.04. The monoisotopic (exact) mass is 614 g/mol. The van der Waals surface area contributed by atoms with Gasteiger partial charge in [0.05, 0.1) is 12.1 Å². The molecule has 0 fully saturated rings. The number of hydrogen-bond donors (Lipinski definition) is 3. The highest BCUT2D eigenvalue weighted by atomic mass is 127. The molecule has 1 aromatic heterocycles. The van der Waals surface area contributed by atoms with Crippen LogP contribution in [0.25, 0.3) is 0 Å². The Morgan fingerprint density at radius 1 is 1.18 bits per heavy atom. The highest BCUT2D eigenvalue weighted by Crippen LogP contribution is 2.32. The van der Waals surface area contributed by atoms with Crippen molar-refractivity contribution in [3.63, 3.8) is 0 Å². The number of sulfonamides is 1. The van der Waals surface area contributed by atoms with Crippen LogP contribution in [0.2, 0.25) is 0 Å². The van der Waals surface area contributed by atoms with E-state index in [0.717, 1.165) is 31.6 Å². The molecule has 0 atom stereocenters. The first-order valence-electron chi connectivity index (χ1n) is 9.65. The predicted octanol–water partition coefficient (Wildman–Crippen LogP) is 3.77. The fourth-order valence-electron chi connectivity index (χ4n) is 3.39. The maximum absolute atomic E-state index is 14.9. The summed E-state index contributed by atoms with van der Waals surface area (Å²) in [5.41, 5.74) is 1.27. The van der Waals surface area contributed by atoms with E-state index in [4.69, 9.17) is 0 Å². The maximum atomic E-state index is 14.9. The van der Waals surface area contributed by atoms with Crippen molar-refractivity contribution < 1.29 is 27.2 Å². The molecule has 3 N–H and O–H groups in total. The lowest BCUT2D eigenvalue weighted by Gasteiger charge is -2.28. The molecule has 0 saturated heterocycles. The molecule has 4 amide bonds. The van der Waals surface area contributed by atoms with E-state index in [1.54, 1.807) is 24.6 Å². The molecule has 34 heavy (non-hydrogen) atoms. The van der Waals surface area contributed by atoms with Gasteiger partial charge in [-0.1, -0.05) is 6.07 Å². The van der Waals surface area contributed by atoms with E-state index < -0.39 is 33.7 Å². The second-order valence-corrected chi connectivity index (χ2v) is 11.1. The SMILES string of the molecule is CNc1cc2c(cc1I)C(=O)N(c1ccc(NC(=O)NS(=O)(=O)c3cccs3)cc1F)C(=O)C2. The molecule has 0 bridgehead atoms. The lowest BCUT2D eigenvalue weighted by Crippen LogP contribution is -2.43. The molecule has 0 spiro atoms. The van der Waals surface area contributed by atoms with Crippen molar-refractivity contribution in [2.75, 3.05) is 22.6 Å². The second kappa shape index (κ2) is 9.31. The number of nitrogens with zero attached hydrogens (tertiary/aromatic N) is 1. The zero-order chi connectivity index (χ0) is 24.6. The van der Waals surface area contributed by atoms with Gasteiger partial charge < -0.3 is 10.6 Å². The number of fused-ring (bicyclic) bond motifs is 1. The van der Waals surface area contributed by atoms with Crippen LogP contribution in [0.3, 0.4) is 0 Å². The normalized spacial score (nSPS) is 13.4. The Bertz CT molecular complexity index is 1430. The molecule has 0 aliphatic carbocycles. The molecule has 2 aromatic carbocycles. The Morgan fingerprint density at radius 2 is 1.94 bits per heavy atom. The summed E-state index contributed by atoms with van der Waals surface area (Å²) in [5, 5.41) is 6.76. The Labute approximate surface area is 211 Å². The van der Waals surface area contributed by atoms with Crippen LogP contribution in [0.15, 0.2) is 52.1 Å². The number of benzene rings is 2. The fourth-order valence-corrected chi connectivity index (χ4v) is 6.02. The Balaban J connectivity index is 1.55. The number of carbonyl (C=O) groups is 3. The summed E-state index contributed by atoms with van der Waals surface area (Å²) < 4.78 is 41.7. The molecular weight excluding hydrogens is 598 g/mol. The minimum Gasteiger partial charge on any atom is -0.387 e. The van der Waals surface area contributed by atoms with Gasteiger partial charge in [-0.3, -0.25) is 9.59 Å². The predicted molar refractivity (Wildman–Crippen MR) is 134 cm³/mol. The van der Waals surface area contributed by atoms with Crippen LogP contribution >= 0.6 is 33.9 Å². The number of nitrogens with one attached hydrogen (secondary N) is 3. The van der Waals surface area contributed by atoms with Crippen LogP contribution in [-0.4, -0.2) is 33.3 Å². The smallest absolute Gasteiger partial charge is 0.333 e. The van der Waals surface area contributed by atoms with Crippen LogP contribution in [0.4, 0.5) is 26.2 Å². The first kappa shape index (κ1) is 24.1. The van der Waals surface area contributed by atoms with Crippen LogP contribution in [-0.2, 0) is 21.2 Å². The first-order chi connectivity index (χ1) is 16.1. The van der Waals surface area contributed by atoms with Gasteiger partial charge in [-0.05, 0) is 69.9 Å². The third-order valence-electron chi connectivity index (χ3n) is 4.92. The molecule has 1 aliphatic rings. The van der Waals surface area contributed by atoms with Gasteiger partial charge >= 0.3 is 6.03 Å². The third-order valence-corrected chi connectivity index (χ3v) is 8.54. The maximum Gasteiger partial charge on any atom is 0.333 e. The van der Waals surface area contributed by atoms with Gasteiger partial charge in [0.15, 0.2) is 0 Å². The molecule has 0 unspecified atom stereocenters. The van der Waals surface area contributed by atoms with E-state index in [9.17, 15) is 27.2 Å². The number of urea groups is 1. The number of thiophene rings is 1. The lowest BCUT2D eigenvalue weighted by atomic mass is 9.97. The van der Waals surface area contributed by atoms with Crippen LogP contribution in [0.1, 0.15) is 15.9 Å². The molecule has 1 aliphatic heterocycles. The minimum atomic E-state index is -4.06. The van der Waals surface area contributed by atoms with Crippen molar-refractivity contribution in [3.05, 3.63) is 68.4 Å². The van der Waals surface area contributed by atoms with Gasteiger partial charge in [0.2, 0.25) is 5.91 Å². The number of anilines is 3. The highest BCUT2D eigenvalue weighted by molar-refractivity contribution is 14.1. The molecule has 0 saturated carbocycles. The zero-order valence-electron chi connectivity index (χ0n) is 17.4. The number of carbonyl (C=O) groups excluding carboxylic acids is 3. The highest BCUT2D eigenvalue weighted by Gasteiger charge is 2.34. The first-order valence-corrected chi connectivity index (χ1v) is 13.1. The fraction of sp³-hybridized carbons (Fsp3) is 0.0952. The van der Waals surface area contributed by atoms with Crippen molar-refractivity contribution in [1.29, 1.82) is 0 Å². The van der Waals surface area contributed by atoms with Crippen molar-refractivity contribution in [2.45, 2.75) is 10.6 Å². The van der Waals surface area contributed by atoms with Gasteiger partial charge in [-0.2, -0.15) is 0 Å². The van der Waals surface area contributed by atoms with Crippen molar-refractivity contribution in [1.82, 2.24) is 4.72 Å². The number of imide groups is 1. The Morgan fingerprint density at radius 3 is 2.59 bits per heavy atom. The molecular formula is C21H16FIN4O5S2. The largest absolute Gasteiger partial charge is 0.387 e. The lowest BCUT2D eigenvalue weighted by molar-refractivity contribution is -0.117. The summed E-state index contributed by atoms with van der Waals surface area (Å²) >= 11 is 2.99. The van der Waals surface area contributed by atoms with E-state index in [2.05, 4.69) is 33.2 Å². The van der Waals surface area contributed by atoms with E-state index >= 15 is 0 Å². The number of amides is 4. The average Bonchev–Trinajstić information content (AvgIpc) is 3.31. The standard InChI is InChI=1S/C21H16FIN4O5S2/c1-24-16-7-11-8-18(28)27(20(29)13(11)10-15(16)23)17-5-4-12(9-14(17)22)25-21(30)26-34(31,32)19-3-2-6-33-19/h2-7,9-10,24H,8H2,1H3,(H2,25,26,30). The average molecular weight is 614 g/mol. The molecule has 176 valence electrons. The summed E-state index contributed by atoms with van der Waals surface area (Å²) in [6.07, 6.45) is -0.0882. The number of hydrogen-bond acceptors (Lipinski definition) is 7. The van der Waals surface area contributed by atoms with Crippen LogP contribution in [0, 0.1) is 9.39 Å². The number of rotatable bonds is 5. The topological polar surface area (TPSA) is 125 Å². The van der Waals surface area contributed by atoms with Crippen LogP contribution in [0.5, 0.6) is 0 Å². The van der Waals surface area contributed by atoms with Crippen molar-refractivity contribution in [3.8, 4) is 0 Å². The quantitative estimate of drug-likeness (QED) is 0.297. The Kier molecular flexibility index (Phi) is 6.60. The van der Waals surface area contributed by atoms with Gasteiger partial charge in [-0.15, -0.1) is 11.3 Å². The van der Waals surface area contributed by atoms with E-state index in [1.165, 1.54) is 24.3 Å². The summed E-state index contributed by atoms with van der Waals surface area (Å²) in [6, 6.07) is 8.46. The molecule has 13 heteroatoms. The second-order valence-electron chi connectivity index (χ2n) is 7.11. The van der Waals surface area contributed by atoms with Gasteiger partial charge in [-0.25, -0.2) is 27.2 Å². The van der Waals surface area contributed by atoms with Crippen molar-refractivity contribution in [2.24, 2.45) is 0 Å². The third kappa shape index (κ3) is 4.63. The van der Waals surface area contributed by atoms with Crippen molar-refractivity contribution >= 4 is 78.9 Å². The minimum absolute atomic E-state index is 0.0527. The summed E-state index contributed by atoms with van der Waals surface area (Å²) in [5.74, 6) is -2.20. The zero-order valence-corrected chi connectivity index (χ0v) is 21.2. The molecule has 4 rings (SSSR count). The molecule has 3 aromatic rings. The summed E-state index contributed by atoms with van der Waals surface area (Å²) in [7, 11) is -2.34. The summed E-state index contributed by atoms with van der Waals surface area (Å²) in [4.78, 5) is 38.6. The van der Waals surface area contributed by atoms with Gasteiger partial charge in [0.25, 0.3) is 15.9 Å². The van der Waals surface area contributed by atoms with Gasteiger partial charge in [0.1, 0.15) is 10.0 Å². The number of halogens is 2. The molecule has 9 nitrogen and oxygen atoms in total. The van der Waals surface area contributed by atoms with E-state index in [1.807, 2.05) is 4.72 Å².